The molecule has 2 aromatic carbocycles. The van der Waals surface area contributed by atoms with Crippen LogP contribution in [0.15, 0.2) is 53.4 Å². The van der Waals surface area contributed by atoms with Crippen molar-refractivity contribution in [2.45, 2.75) is 43.4 Å². The highest BCUT2D eigenvalue weighted by Gasteiger charge is 2.18. The molecule has 2 aromatic rings. The molecule has 0 aliphatic carbocycles. The van der Waals surface area contributed by atoms with Crippen LogP contribution in [0, 0.1) is 6.92 Å². The normalized spacial score (nSPS) is 12.9. The van der Waals surface area contributed by atoms with Gasteiger partial charge in [-0.15, -0.1) is 11.8 Å². The molecule has 0 aliphatic heterocycles. The zero-order valence-corrected chi connectivity index (χ0v) is 16.6. The largest absolute Gasteiger partial charge is 0.489 e. The summed E-state index contributed by atoms with van der Waals surface area (Å²) in [5.41, 5.74) is 1.59. The van der Waals surface area contributed by atoms with Gasteiger partial charge in [0, 0.05) is 4.90 Å². The molecule has 0 heterocycles. The average molecular weight is 388 g/mol. The van der Waals surface area contributed by atoms with E-state index in [1.807, 2.05) is 38.1 Å². The van der Waals surface area contributed by atoms with E-state index in [9.17, 15) is 9.59 Å². The quantitative estimate of drug-likeness (QED) is 0.632. The number of carboxylic acids is 1. The predicted molar refractivity (Wildman–Crippen MR) is 108 cm³/mol. The first-order valence-corrected chi connectivity index (χ1v) is 9.78. The van der Waals surface area contributed by atoms with Gasteiger partial charge in [0.1, 0.15) is 17.1 Å². The summed E-state index contributed by atoms with van der Waals surface area (Å²) in [5.74, 6) is -0.364. The van der Waals surface area contributed by atoms with Gasteiger partial charge in [-0.25, -0.2) is 0 Å². The summed E-state index contributed by atoms with van der Waals surface area (Å²) in [7, 11) is 0. The molecule has 0 spiro atoms. The van der Waals surface area contributed by atoms with Gasteiger partial charge in [0.2, 0.25) is 0 Å². The molecule has 0 fully saturated rings. The van der Waals surface area contributed by atoms with E-state index < -0.39 is 11.2 Å². The molecule has 0 radical (unpaired) electrons. The summed E-state index contributed by atoms with van der Waals surface area (Å²) in [4.78, 5) is 24.4. The SMILES string of the molecule is CCC(CNC(=O)c1ccccc1SC(C)C(=O)O)Oc1cccc(C)c1. The second-order valence-electron chi connectivity index (χ2n) is 6.27. The van der Waals surface area contributed by atoms with Crippen molar-refractivity contribution in [2.75, 3.05) is 6.54 Å². The molecule has 5 nitrogen and oxygen atoms in total. The van der Waals surface area contributed by atoms with Crippen molar-refractivity contribution in [3.8, 4) is 5.75 Å². The number of carbonyl (C=O) groups is 2. The summed E-state index contributed by atoms with van der Waals surface area (Å²) < 4.78 is 5.96. The minimum atomic E-state index is -0.909. The van der Waals surface area contributed by atoms with Crippen molar-refractivity contribution < 1.29 is 19.4 Å². The zero-order valence-electron chi connectivity index (χ0n) is 15.8. The first-order chi connectivity index (χ1) is 12.9. The molecule has 144 valence electrons. The van der Waals surface area contributed by atoms with E-state index in [0.29, 0.717) is 17.0 Å². The van der Waals surface area contributed by atoms with Gasteiger partial charge in [-0.05, 0) is 50.1 Å². The van der Waals surface area contributed by atoms with Gasteiger partial charge < -0.3 is 15.2 Å². The summed E-state index contributed by atoms with van der Waals surface area (Å²) in [5, 5.41) is 11.4. The maximum atomic E-state index is 12.6. The number of aliphatic carboxylic acids is 1. The fourth-order valence-corrected chi connectivity index (χ4v) is 3.38. The van der Waals surface area contributed by atoms with Gasteiger partial charge >= 0.3 is 5.97 Å². The van der Waals surface area contributed by atoms with Gasteiger partial charge in [0.15, 0.2) is 0 Å². The highest BCUT2D eigenvalue weighted by Crippen LogP contribution is 2.27. The highest BCUT2D eigenvalue weighted by molar-refractivity contribution is 8.00. The van der Waals surface area contributed by atoms with E-state index in [4.69, 9.17) is 9.84 Å². The van der Waals surface area contributed by atoms with Crippen LogP contribution in [0.3, 0.4) is 0 Å². The van der Waals surface area contributed by atoms with Crippen LogP contribution in [0.4, 0.5) is 0 Å². The maximum absolute atomic E-state index is 12.6. The Morgan fingerprint density at radius 1 is 1.19 bits per heavy atom. The number of carbonyl (C=O) groups excluding carboxylic acids is 1. The molecular formula is C21H25NO4S. The van der Waals surface area contributed by atoms with Crippen molar-refractivity contribution in [1.82, 2.24) is 5.32 Å². The average Bonchev–Trinajstić information content (AvgIpc) is 2.65. The Bertz CT molecular complexity index is 793. The van der Waals surface area contributed by atoms with Crippen molar-refractivity contribution >= 4 is 23.6 Å². The Morgan fingerprint density at radius 2 is 1.93 bits per heavy atom. The Hall–Kier alpha value is -2.47. The fraction of sp³-hybridized carbons (Fsp3) is 0.333. The van der Waals surface area contributed by atoms with E-state index in [-0.39, 0.29) is 12.0 Å². The lowest BCUT2D eigenvalue weighted by atomic mass is 10.2. The molecule has 0 bridgehead atoms. The Morgan fingerprint density at radius 3 is 2.59 bits per heavy atom. The highest BCUT2D eigenvalue weighted by atomic mass is 32.2. The Balaban J connectivity index is 2.01. The minimum absolute atomic E-state index is 0.145. The van der Waals surface area contributed by atoms with Crippen LogP contribution in [0.5, 0.6) is 5.75 Å². The fourth-order valence-electron chi connectivity index (χ4n) is 2.45. The van der Waals surface area contributed by atoms with Gasteiger partial charge in [-0.2, -0.15) is 0 Å². The van der Waals surface area contributed by atoms with Gasteiger partial charge in [-0.1, -0.05) is 31.2 Å². The molecule has 27 heavy (non-hydrogen) atoms. The number of thioether (sulfide) groups is 1. The molecule has 6 heteroatoms. The van der Waals surface area contributed by atoms with Gasteiger partial charge in [-0.3, -0.25) is 9.59 Å². The molecule has 0 saturated heterocycles. The lowest BCUT2D eigenvalue weighted by Gasteiger charge is -2.19. The van der Waals surface area contributed by atoms with E-state index in [1.54, 1.807) is 31.2 Å². The first-order valence-electron chi connectivity index (χ1n) is 8.90. The van der Waals surface area contributed by atoms with E-state index in [0.717, 1.165) is 29.5 Å². The number of rotatable bonds is 9. The van der Waals surface area contributed by atoms with Crippen molar-refractivity contribution in [2.24, 2.45) is 0 Å². The summed E-state index contributed by atoms with van der Waals surface area (Å²) in [6.45, 7) is 5.98. The monoisotopic (exact) mass is 387 g/mol. The van der Waals surface area contributed by atoms with Crippen LogP contribution in [-0.4, -0.2) is 34.9 Å². The van der Waals surface area contributed by atoms with Crippen LogP contribution in [0.1, 0.15) is 36.2 Å². The molecule has 0 aliphatic rings. The molecule has 1 amide bonds. The Kier molecular flexibility index (Phi) is 7.73. The van der Waals surface area contributed by atoms with Crippen molar-refractivity contribution in [1.29, 1.82) is 0 Å². The standard InChI is InChI=1S/C21H25NO4S/c1-4-16(26-17-9-7-8-14(2)12-17)13-22-20(23)18-10-5-6-11-19(18)27-15(3)21(24)25/h5-12,15-16H,4,13H2,1-3H3,(H,22,23)(H,24,25). The molecule has 2 unspecified atom stereocenters. The van der Waals surface area contributed by atoms with Crippen LogP contribution in [-0.2, 0) is 4.79 Å². The lowest BCUT2D eigenvalue weighted by molar-refractivity contribution is -0.136. The summed E-state index contributed by atoms with van der Waals surface area (Å²) >= 11 is 1.16. The topological polar surface area (TPSA) is 75.6 Å². The summed E-state index contributed by atoms with van der Waals surface area (Å²) in [6, 6.07) is 14.8. The van der Waals surface area contributed by atoms with Crippen LogP contribution >= 0.6 is 11.8 Å². The second kappa shape index (κ2) is 10.0. The van der Waals surface area contributed by atoms with Crippen molar-refractivity contribution in [3.05, 3.63) is 59.7 Å². The number of hydrogen-bond acceptors (Lipinski definition) is 4. The predicted octanol–water partition coefficient (Wildman–Crippen LogP) is 4.15. The number of benzene rings is 2. The van der Waals surface area contributed by atoms with E-state index in [2.05, 4.69) is 5.32 Å². The van der Waals surface area contributed by atoms with Gasteiger partial charge in [0.05, 0.1) is 12.1 Å². The molecule has 0 saturated carbocycles. The van der Waals surface area contributed by atoms with Crippen LogP contribution in [0.2, 0.25) is 0 Å². The molecule has 2 N–H and O–H groups in total. The summed E-state index contributed by atoms with van der Waals surface area (Å²) in [6.07, 6.45) is 0.606. The van der Waals surface area contributed by atoms with E-state index in [1.165, 1.54) is 0 Å². The van der Waals surface area contributed by atoms with Crippen LogP contribution in [0.25, 0.3) is 0 Å². The first kappa shape index (κ1) is 20.8. The van der Waals surface area contributed by atoms with Gasteiger partial charge in [0.25, 0.3) is 5.91 Å². The number of ether oxygens (including phenoxy) is 1. The molecular weight excluding hydrogens is 362 g/mol. The third kappa shape index (κ3) is 6.32. The maximum Gasteiger partial charge on any atom is 0.316 e. The smallest absolute Gasteiger partial charge is 0.316 e. The minimum Gasteiger partial charge on any atom is -0.489 e. The number of nitrogens with one attached hydrogen (secondary N) is 1. The zero-order chi connectivity index (χ0) is 19.8. The third-order valence-electron chi connectivity index (χ3n) is 4.02. The van der Waals surface area contributed by atoms with Crippen molar-refractivity contribution in [3.63, 3.8) is 0 Å². The molecule has 0 aromatic heterocycles. The third-order valence-corrected chi connectivity index (χ3v) is 5.19. The Labute approximate surface area is 164 Å². The number of aryl methyl sites for hydroxylation is 1. The molecule has 2 rings (SSSR count). The van der Waals surface area contributed by atoms with E-state index >= 15 is 0 Å². The number of hydrogen-bond donors (Lipinski definition) is 2. The lowest BCUT2D eigenvalue weighted by Crippen LogP contribution is -2.35. The number of amides is 1. The number of carboxylic acid groups (broad SMARTS) is 1. The van der Waals surface area contributed by atoms with Crippen LogP contribution < -0.4 is 10.1 Å². The second-order valence-corrected chi connectivity index (χ2v) is 7.65. The molecule has 2 atom stereocenters.